The molecule has 0 aliphatic carbocycles. The monoisotopic (exact) mass is 238 g/mol. The van der Waals surface area contributed by atoms with Crippen LogP contribution in [-0.2, 0) is 0 Å². The van der Waals surface area contributed by atoms with E-state index in [0.29, 0.717) is 20.8 Å². The van der Waals surface area contributed by atoms with Crippen molar-refractivity contribution in [2.45, 2.75) is 45.1 Å². The van der Waals surface area contributed by atoms with Crippen LogP contribution in [0.1, 0.15) is 27.2 Å². The molecule has 1 unspecified atom stereocenters. The predicted octanol–water partition coefficient (Wildman–Crippen LogP) is 3.28. The van der Waals surface area contributed by atoms with Gasteiger partial charge in [-0.3, -0.25) is 0 Å². The Hall–Kier alpha value is -0.460. The third-order valence-electron chi connectivity index (χ3n) is 2.16. The second-order valence-corrected chi connectivity index (χ2v) is 4.33. The van der Waals surface area contributed by atoms with Gasteiger partial charge in [-0.25, -0.2) is 0 Å². The first-order chi connectivity index (χ1) is 6.21. The second-order valence-electron chi connectivity index (χ2n) is 4.33. The third kappa shape index (κ3) is 3.25. The van der Waals surface area contributed by atoms with E-state index in [4.69, 9.17) is 5.11 Å². The Bertz CT molecular complexity index is 200. The molecule has 1 nitrogen and oxygen atoms in total. The molecule has 7 heteroatoms. The first-order valence-corrected chi connectivity index (χ1v) is 4.06. The van der Waals surface area contributed by atoms with Gasteiger partial charge in [0, 0.05) is 0 Å². The van der Waals surface area contributed by atoms with Gasteiger partial charge in [0.2, 0.25) is 0 Å². The summed E-state index contributed by atoms with van der Waals surface area (Å²) in [6.45, 7) is 1.57. The van der Waals surface area contributed by atoms with Gasteiger partial charge in [-0.05, 0) is 13.3 Å². The number of rotatable bonds is 2. The quantitative estimate of drug-likeness (QED) is 0.732. The van der Waals surface area contributed by atoms with Crippen LogP contribution in [0.5, 0.6) is 0 Å². The van der Waals surface area contributed by atoms with Crippen molar-refractivity contribution in [1.82, 2.24) is 0 Å². The Labute approximate surface area is 83.1 Å². The lowest BCUT2D eigenvalue weighted by atomic mass is 9.80. The van der Waals surface area contributed by atoms with Gasteiger partial charge in [-0.1, -0.05) is 13.8 Å². The van der Waals surface area contributed by atoms with Crippen molar-refractivity contribution >= 4 is 0 Å². The Morgan fingerprint density at radius 1 is 0.800 bits per heavy atom. The zero-order valence-corrected chi connectivity index (χ0v) is 8.42. The Morgan fingerprint density at radius 3 is 1.33 bits per heavy atom. The van der Waals surface area contributed by atoms with Gasteiger partial charge in [-0.15, -0.1) is 0 Å². The minimum Gasteiger partial charge on any atom is -0.381 e. The normalized spacial score (nSPS) is 18.8. The van der Waals surface area contributed by atoms with E-state index >= 15 is 0 Å². The van der Waals surface area contributed by atoms with E-state index in [-0.39, 0.29) is 0 Å². The first-order valence-electron chi connectivity index (χ1n) is 4.06. The van der Waals surface area contributed by atoms with E-state index in [1.165, 1.54) is 0 Å². The second kappa shape index (κ2) is 3.54. The van der Waals surface area contributed by atoms with E-state index < -0.39 is 29.8 Å². The molecule has 0 fully saturated rings. The summed E-state index contributed by atoms with van der Waals surface area (Å²) in [7, 11) is 0. The largest absolute Gasteiger partial charge is 0.416 e. The van der Waals surface area contributed by atoms with Crippen molar-refractivity contribution in [1.29, 1.82) is 0 Å². The minimum absolute atomic E-state index is 0.334. The summed E-state index contributed by atoms with van der Waals surface area (Å²) >= 11 is 0. The van der Waals surface area contributed by atoms with Crippen LogP contribution in [0.15, 0.2) is 0 Å². The molecule has 1 atom stereocenters. The number of hydrogen-bond acceptors (Lipinski definition) is 1. The summed E-state index contributed by atoms with van der Waals surface area (Å²) in [6, 6.07) is 0. The highest BCUT2D eigenvalue weighted by Gasteiger charge is 2.58. The summed E-state index contributed by atoms with van der Waals surface area (Å²) in [4.78, 5) is 0. The van der Waals surface area contributed by atoms with Crippen molar-refractivity contribution in [3.8, 4) is 0 Å². The molecule has 0 amide bonds. The molecule has 0 aromatic rings. The van der Waals surface area contributed by atoms with Crippen molar-refractivity contribution < 1.29 is 31.4 Å². The molecule has 0 heterocycles. The fourth-order valence-electron chi connectivity index (χ4n) is 1.06. The number of alkyl halides is 6. The number of aliphatic hydroxyl groups is 1. The number of hydrogen-bond donors (Lipinski definition) is 1. The van der Waals surface area contributed by atoms with E-state index in [0.717, 1.165) is 0 Å². The molecule has 0 rings (SSSR count). The topological polar surface area (TPSA) is 20.2 Å². The van der Waals surface area contributed by atoms with Crippen LogP contribution >= 0.6 is 0 Å². The maximum atomic E-state index is 12.3. The Kier molecular flexibility index (Phi) is 3.43. The van der Waals surface area contributed by atoms with Crippen LogP contribution in [0.25, 0.3) is 0 Å². The van der Waals surface area contributed by atoms with Crippen LogP contribution in [0.2, 0.25) is 0 Å². The van der Waals surface area contributed by atoms with Gasteiger partial charge in [0.25, 0.3) is 0 Å². The van der Waals surface area contributed by atoms with Gasteiger partial charge in [0.05, 0.1) is 5.41 Å². The van der Waals surface area contributed by atoms with Gasteiger partial charge in [0.15, 0.2) is 5.60 Å². The van der Waals surface area contributed by atoms with Gasteiger partial charge < -0.3 is 5.11 Å². The highest BCUT2D eigenvalue weighted by atomic mass is 19.4. The van der Waals surface area contributed by atoms with E-state index in [1.54, 1.807) is 0 Å². The van der Waals surface area contributed by atoms with Crippen LogP contribution in [0.4, 0.5) is 26.3 Å². The molecular weight excluding hydrogens is 226 g/mol. The Balaban J connectivity index is 4.89. The SMILES string of the molecule is CC(C)(CC(C)(O)C(F)(F)F)C(F)(F)F. The predicted molar refractivity (Wildman–Crippen MR) is 41.1 cm³/mol. The van der Waals surface area contributed by atoms with Crippen LogP contribution in [0.3, 0.4) is 0 Å². The summed E-state index contributed by atoms with van der Waals surface area (Å²) in [5.41, 5.74) is -5.93. The molecule has 92 valence electrons. The summed E-state index contributed by atoms with van der Waals surface area (Å²) in [5.74, 6) is 0. The van der Waals surface area contributed by atoms with E-state index in [9.17, 15) is 26.3 Å². The average molecular weight is 238 g/mol. The van der Waals surface area contributed by atoms with Crippen molar-refractivity contribution in [3.63, 3.8) is 0 Å². The Morgan fingerprint density at radius 2 is 1.13 bits per heavy atom. The summed E-state index contributed by atoms with van der Waals surface area (Å²) < 4.78 is 73.2. The smallest absolute Gasteiger partial charge is 0.381 e. The molecule has 0 aliphatic heterocycles. The fraction of sp³-hybridized carbons (Fsp3) is 1.00. The van der Waals surface area contributed by atoms with Crippen LogP contribution in [0, 0.1) is 5.41 Å². The molecule has 0 saturated carbocycles. The van der Waals surface area contributed by atoms with Crippen LogP contribution < -0.4 is 0 Å². The first kappa shape index (κ1) is 14.5. The molecule has 0 radical (unpaired) electrons. The molecule has 0 spiro atoms. The van der Waals surface area contributed by atoms with Gasteiger partial charge in [-0.2, -0.15) is 26.3 Å². The van der Waals surface area contributed by atoms with Crippen molar-refractivity contribution in [3.05, 3.63) is 0 Å². The highest BCUT2D eigenvalue weighted by Crippen LogP contribution is 2.47. The molecule has 0 aliphatic rings. The molecule has 0 bridgehead atoms. The van der Waals surface area contributed by atoms with Crippen LogP contribution in [-0.4, -0.2) is 23.1 Å². The lowest BCUT2D eigenvalue weighted by Crippen LogP contribution is -2.48. The molecule has 1 N–H and O–H groups in total. The minimum atomic E-state index is -5.07. The van der Waals surface area contributed by atoms with Gasteiger partial charge in [0.1, 0.15) is 0 Å². The molecule has 0 aromatic carbocycles. The molecule has 0 aromatic heterocycles. The van der Waals surface area contributed by atoms with Crippen molar-refractivity contribution in [2.24, 2.45) is 5.41 Å². The lowest BCUT2D eigenvalue weighted by molar-refractivity contribution is -0.287. The zero-order chi connectivity index (χ0) is 12.7. The van der Waals surface area contributed by atoms with E-state index in [2.05, 4.69) is 0 Å². The molecular formula is C8H12F6O. The standard InChI is InChI=1S/C8H12F6O/c1-5(2,7(9,10)11)4-6(3,15)8(12,13)14/h15H,4H2,1-3H3. The molecule has 0 saturated heterocycles. The van der Waals surface area contributed by atoms with Gasteiger partial charge >= 0.3 is 12.4 Å². The van der Waals surface area contributed by atoms with E-state index in [1.807, 2.05) is 0 Å². The van der Waals surface area contributed by atoms with Crippen molar-refractivity contribution in [2.75, 3.05) is 0 Å². The summed E-state index contributed by atoms with van der Waals surface area (Å²) in [6.07, 6.45) is -11.3. The maximum Gasteiger partial charge on any atom is 0.416 e. The number of halogens is 6. The lowest BCUT2D eigenvalue weighted by Gasteiger charge is -2.36. The average Bonchev–Trinajstić information content (AvgIpc) is 1.77. The highest BCUT2D eigenvalue weighted by molar-refractivity contribution is 4.91. The fourth-order valence-corrected chi connectivity index (χ4v) is 1.06. The molecule has 15 heavy (non-hydrogen) atoms. The zero-order valence-electron chi connectivity index (χ0n) is 8.42. The third-order valence-corrected chi connectivity index (χ3v) is 2.16. The summed E-state index contributed by atoms with van der Waals surface area (Å²) in [5, 5.41) is 8.92. The maximum absolute atomic E-state index is 12.3.